The zero-order chi connectivity index (χ0) is 14.0. The van der Waals surface area contributed by atoms with E-state index in [0.29, 0.717) is 18.2 Å². The molecule has 0 aromatic carbocycles. The number of hydrogen-bond donors (Lipinski definition) is 1. The van der Waals surface area contributed by atoms with E-state index in [9.17, 15) is 0 Å². The van der Waals surface area contributed by atoms with Crippen LogP contribution < -0.4 is 5.32 Å². The Kier molecular flexibility index (Phi) is 4.68. The number of ether oxygens (including phenoxy) is 2. The van der Waals surface area contributed by atoms with Gasteiger partial charge < -0.3 is 14.8 Å². The molecule has 0 bridgehead atoms. The Labute approximate surface area is 123 Å². The van der Waals surface area contributed by atoms with Gasteiger partial charge >= 0.3 is 0 Å². The lowest BCUT2D eigenvalue weighted by atomic mass is 9.55. The first kappa shape index (κ1) is 14.8. The molecule has 3 unspecified atom stereocenters. The lowest BCUT2D eigenvalue weighted by Gasteiger charge is -2.60. The van der Waals surface area contributed by atoms with Gasteiger partial charge in [0.15, 0.2) is 0 Å². The number of nitrogens with one attached hydrogen (secondary N) is 1. The molecular formula is C17H31NO2. The number of rotatable bonds is 5. The van der Waals surface area contributed by atoms with Gasteiger partial charge in [-0.1, -0.05) is 33.1 Å². The van der Waals surface area contributed by atoms with E-state index in [1.54, 1.807) is 0 Å². The molecule has 3 heteroatoms. The van der Waals surface area contributed by atoms with Gasteiger partial charge in [-0.05, 0) is 25.7 Å². The third-order valence-corrected chi connectivity index (χ3v) is 5.70. The van der Waals surface area contributed by atoms with Gasteiger partial charge in [-0.2, -0.15) is 0 Å². The number of fused-ring (bicyclic) bond motifs is 1. The summed E-state index contributed by atoms with van der Waals surface area (Å²) >= 11 is 0. The molecule has 2 aliphatic carbocycles. The van der Waals surface area contributed by atoms with Crippen LogP contribution in [0.5, 0.6) is 0 Å². The summed E-state index contributed by atoms with van der Waals surface area (Å²) in [5, 5.41) is 3.74. The maximum absolute atomic E-state index is 6.01. The standard InChI is InChI=1S/C17H31NO2/c1-17(2)15(14-9-6-11-20-16(14)17)18-10-12-19-13-7-4-3-5-8-13/h13-16,18H,3-12H2,1-2H3. The van der Waals surface area contributed by atoms with Gasteiger partial charge in [0.1, 0.15) is 0 Å². The average molecular weight is 281 g/mol. The van der Waals surface area contributed by atoms with Crippen molar-refractivity contribution in [3.63, 3.8) is 0 Å². The van der Waals surface area contributed by atoms with E-state index >= 15 is 0 Å². The van der Waals surface area contributed by atoms with Crippen molar-refractivity contribution < 1.29 is 9.47 Å². The Balaban J connectivity index is 1.37. The molecule has 0 aromatic rings. The molecule has 0 aromatic heterocycles. The molecule has 3 fully saturated rings. The lowest BCUT2D eigenvalue weighted by Crippen LogP contribution is -2.69. The van der Waals surface area contributed by atoms with Gasteiger partial charge in [0, 0.05) is 30.5 Å². The number of hydrogen-bond acceptors (Lipinski definition) is 3. The maximum atomic E-state index is 6.01. The van der Waals surface area contributed by atoms with Crippen molar-refractivity contribution in [1.82, 2.24) is 5.32 Å². The van der Waals surface area contributed by atoms with Crippen LogP contribution in [-0.2, 0) is 9.47 Å². The van der Waals surface area contributed by atoms with Crippen LogP contribution in [0, 0.1) is 11.3 Å². The summed E-state index contributed by atoms with van der Waals surface area (Å²) < 4.78 is 12.0. The van der Waals surface area contributed by atoms with Crippen LogP contribution in [0.4, 0.5) is 0 Å². The molecule has 1 aliphatic heterocycles. The van der Waals surface area contributed by atoms with Gasteiger partial charge in [-0.15, -0.1) is 0 Å². The molecule has 1 saturated heterocycles. The highest BCUT2D eigenvalue weighted by atomic mass is 16.5. The second kappa shape index (κ2) is 6.33. The van der Waals surface area contributed by atoms with E-state index in [-0.39, 0.29) is 5.41 Å². The van der Waals surface area contributed by atoms with E-state index < -0.39 is 0 Å². The summed E-state index contributed by atoms with van der Waals surface area (Å²) in [6.07, 6.45) is 10.2. The van der Waals surface area contributed by atoms with Crippen molar-refractivity contribution in [2.45, 2.75) is 77.0 Å². The molecule has 20 heavy (non-hydrogen) atoms. The minimum Gasteiger partial charge on any atom is -0.377 e. The fraction of sp³-hybridized carbons (Fsp3) is 1.00. The van der Waals surface area contributed by atoms with Crippen molar-refractivity contribution in [1.29, 1.82) is 0 Å². The molecule has 0 radical (unpaired) electrons. The molecule has 0 amide bonds. The minimum absolute atomic E-state index is 0.288. The predicted molar refractivity (Wildman–Crippen MR) is 80.9 cm³/mol. The lowest BCUT2D eigenvalue weighted by molar-refractivity contribution is -0.193. The Hall–Kier alpha value is -0.120. The summed E-state index contributed by atoms with van der Waals surface area (Å²) in [7, 11) is 0. The SMILES string of the molecule is CC1(C)C(NCCOC2CCCCC2)C2CCCOC21. The quantitative estimate of drug-likeness (QED) is 0.785. The monoisotopic (exact) mass is 281 g/mol. The normalized spacial score (nSPS) is 37.2. The summed E-state index contributed by atoms with van der Waals surface area (Å²) in [4.78, 5) is 0. The first-order valence-electron chi connectivity index (χ1n) is 8.66. The minimum atomic E-state index is 0.288. The molecule has 3 aliphatic rings. The smallest absolute Gasteiger partial charge is 0.0684 e. The molecule has 2 saturated carbocycles. The molecule has 3 rings (SSSR count). The van der Waals surface area contributed by atoms with E-state index in [1.807, 2.05) is 0 Å². The third kappa shape index (κ3) is 2.90. The van der Waals surface area contributed by atoms with Gasteiger partial charge in [0.2, 0.25) is 0 Å². The van der Waals surface area contributed by atoms with Crippen LogP contribution in [-0.4, -0.2) is 38.0 Å². The van der Waals surface area contributed by atoms with Crippen LogP contribution in [0.25, 0.3) is 0 Å². The van der Waals surface area contributed by atoms with Crippen molar-refractivity contribution in [3.8, 4) is 0 Å². The van der Waals surface area contributed by atoms with Gasteiger partial charge in [0.05, 0.1) is 18.8 Å². The summed E-state index contributed by atoms with van der Waals surface area (Å²) in [5.74, 6) is 0.730. The van der Waals surface area contributed by atoms with Crippen molar-refractivity contribution in [3.05, 3.63) is 0 Å². The molecule has 0 spiro atoms. The fourth-order valence-corrected chi connectivity index (χ4v) is 4.61. The first-order valence-corrected chi connectivity index (χ1v) is 8.66. The highest BCUT2D eigenvalue weighted by Gasteiger charge is 2.57. The van der Waals surface area contributed by atoms with Gasteiger partial charge in [-0.3, -0.25) is 0 Å². The second-order valence-electron chi connectivity index (χ2n) is 7.48. The van der Waals surface area contributed by atoms with Crippen molar-refractivity contribution in [2.24, 2.45) is 11.3 Å². The second-order valence-corrected chi connectivity index (χ2v) is 7.48. The maximum Gasteiger partial charge on any atom is 0.0684 e. The third-order valence-electron chi connectivity index (χ3n) is 5.70. The van der Waals surface area contributed by atoms with Crippen LogP contribution in [0.15, 0.2) is 0 Å². The van der Waals surface area contributed by atoms with Crippen LogP contribution in [0.3, 0.4) is 0 Å². The highest BCUT2D eigenvalue weighted by Crippen LogP contribution is 2.51. The summed E-state index contributed by atoms with van der Waals surface area (Å²) in [5.41, 5.74) is 0.288. The average Bonchev–Trinajstić information content (AvgIpc) is 2.48. The molecule has 3 atom stereocenters. The van der Waals surface area contributed by atoms with E-state index in [4.69, 9.17) is 9.47 Å². The molecule has 1 heterocycles. The van der Waals surface area contributed by atoms with E-state index in [0.717, 1.165) is 25.7 Å². The van der Waals surface area contributed by atoms with Crippen LogP contribution >= 0.6 is 0 Å². The molecule has 3 nitrogen and oxygen atoms in total. The van der Waals surface area contributed by atoms with Gasteiger partial charge in [0.25, 0.3) is 0 Å². The van der Waals surface area contributed by atoms with Crippen LogP contribution in [0.2, 0.25) is 0 Å². The van der Waals surface area contributed by atoms with E-state index in [1.165, 1.54) is 44.9 Å². The molecule has 1 N–H and O–H groups in total. The largest absolute Gasteiger partial charge is 0.377 e. The zero-order valence-electron chi connectivity index (χ0n) is 13.2. The Morgan fingerprint density at radius 1 is 1.10 bits per heavy atom. The Bertz CT molecular complexity index is 312. The van der Waals surface area contributed by atoms with Crippen molar-refractivity contribution >= 4 is 0 Å². The van der Waals surface area contributed by atoms with E-state index in [2.05, 4.69) is 19.2 Å². The Morgan fingerprint density at radius 3 is 2.70 bits per heavy atom. The molecular weight excluding hydrogens is 250 g/mol. The summed E-state index contributed by atoms with van der Waals surface area (Å²) in [6, 6.07) is 0.614. The topological polar surface area (TPSA) is 30.5 Å². The first-order chi connectivity index (χ1) is 9.69. The van der Waals surface area contributed by atoms with Crippen LogP contribution in [0.1, 0.15) is 58.8 Å². The van der Waals surface area contributed by atoms with Gasteiger partial charge in [-0.25, -0.2) is 0 Å². The van der Waals surface area contributed by atoms with Crippen molar-refractivity contribution in [2.75, 3.05) is 19.8 Å². The Morgan fingerprint density at radius 2 is 1.90 bits per heavy atom. The zero-order valence-corrected chi connectivity index (χ0v) is 13.2. The fourth-order valence-electron chi connectivity index (χ4n) is 4.61. The highest BCUT2D eigenvalue weighted by molar-refractivity contribution is 5.10. The predicted octanol–water partition coefficient (Wildman–Crippen LogP) is 3.13. The summed E-state index contributed by atoms with van der Waals surface area (Å²) in [6.45, 7) is 7.52. The molecule has 116 valence electrons.